The molecule has 2 N–H and O–H groups in total. The van der Waals surface area contributed by atoms with Crippen LogP contribution in [0.15, 0.2) is 18.2 Å². The Bertz CT molecular complexity index is 956. The van der Waals surface area contributed by atoms with Crippen LogP contribution in [0.4, 0.5) is 4.79 Å². The Labute approximate surface area is 248 Å². The molecule has 226 valence electrons. The van der Waals surface area contributed by atoms with E-state index in [0.29, 0.717) is 6.54 Å². The van der Waals surface area contributed by atoms with Crippen molar-refractivity contribution >= 4 is 30.5 Å². The molecule has 0 bridgehead atoms. The van der Waals surface area contributed by atoms with Crippen LogP contribution in [0, 0.1) is 13.8 Å². The van der Waals surface area contributed by atoms with Gasteiger partial charge in [-0.3, -0.25) is 9.59 Å². The van der Waals surface area contributed by atoms with Crippen molar-refractivity contribution in [3.05, 3.63) is 34.9 Å². The topological polar surface area (TPSA) is 87.7 Å². The van der Waals surface area contributed by atoms with E-state index in [1.165, 1.54) is 19.3 Å². The summed E-state index contributed by atoms with van der Waals surface area (Å²) in [4.78, 5) is 42.5. The van der Waals surface area contributed by atoms with Crippen molar-refractivity contribution in [2.24, 2.45) is 0 Å². The number of carbonyl (C=O) groups is 3. The maximum atomic E-state index is 14.2. The van der Waals surface area contributed by atoms with Gasteiger partial charge in [-0.2, -0.15) is 12.6 Å². The molecule has 7 nitrogen and oxygen atoms in total. The largest absolute Gasteiger partial charge is 0.444 e. The standard InChI is InChI=1S/C32H53N3O4S/c1-7-8-9-10-11-15-20-35(30(37)27(22-40)34-31(38)39-32(4,5)6)28(26-19-18-23(2)21-24(26)3)29(36)33-25-16-13-12-14-17-25/h18-19,21,25,27-28,40H,7-17,20,22H2,1-6H3,(H,33,36)(H,34,38). The normalized spacial score (nSPS) is 15.7. The maximum absolute atomic E-state index is 14.2. The summed E-state index contributed by atoms with van der Waals surface area (Å²) in [5.74, 6) is -0.388. The van der Waals surface area contributed by atoms with Crippen molar-refractivity contribution in [2.75, 3.05) is 12.3 Å². The summed E-state index contributed by atoms with van der Waals surface area (Å²) < 4.78 is 5.43. The molecule has 0 saturated heterocycles. The molecule has 0 aromatic heterocycles. The summed E-state index contributed by atoms with van der Waals surface area (Å²) in [5.41, 5.74) is 2.18. The third-order valence-corrected chi connectivity index (χ3v) is 7.80. The van der Waals surface area contributed by atoms with E-state index in [9.17, 15) is 14.4 Å². The first-order valence-electron chi connectivity index (χ1n) is 15.2. The zero-order valence-corrected chi connectivity index (χ0v) is 26.6. The highest BCUT2D eigenvalue weighted by atomic mass is 32.1. The van der Waals surface area contributed by atoms with Gasteiger partial charge in [0.05, 0.1) is 0 Å². The second-order valence-electron chi connectivity index (χ2n) is 12.3. The molecule has 1 aliphatic rings. The van der Waals surface area contributed by atoms with E-state index in [0.717, 1.165) is 68.1 Å². The fraction of sp³-hybridized carbons (Fsp3) is 0.719. The highest BCUT2D eigenvalue weighted by molar-refractivity contribution is 7.80. The number of thiol groups is 1. The summed E-state index contributed by atoms with van der Waals surface area (Å²) in [6, 6.07) is 4.40. The first kappa shape index (κ1) is 34.0. The van der Waals surface area contributed by atoms with Crippen LogP contribution in [0.1, 0.15) is 121 Å². The highest BCUT2D eigenvalue weighted by Crippen LogP contribution is 2.28. The van der Waals surface area contributed by atoms with E-state index in [4.69, 9.17) is 4.74 Å². The van der Waals surface area contributed by atoms with Gasteiger partial charge >= 0.3 is 6.09 Å². The number of amides is 3. The molecule has 1 fully saturated rings. The van der Waals surface area contributed by atoms with Crippen LogP contribution in [0.2, 0.25) is 0 Å². The van der Waals surface area contributed by atoms with E-state index in [2.05, 4.69) is 36.3 Å². The molecule has 2 atom stereocenters. The zero-order chi connectivity index (χ0) is 29.7. The molecular weight excluding hydrogens is 522 g/mol. The lowest BCUT2D eigenvalue weighted by molar-refractivity contribution is -0.142. The summed E-state index contributed by atoms with van der Waals surface area (Å²) in [5, 5.41) is 5.99. The minimum atomic E-state index is -0.922. The predicted molar refractivity (Wildman–Crippen MR) is 166 cm³/mol. The van der Waals surface area contributed by atoms with Crippen LogP contribution >= 0.6 is 12.6 Å². The molecule has 3 amide bonds. The number of nitrogens with one attached hydrogen (secondary N) is 2. The minimum absolute atomic E-state index is 0.0922. The Balaban J connectivity index is 2.41. The van der Waals surface area contributed by atoms with Crippen LogP contribution in [0.25, 0.3) is 0 Å². The number of nitrogens with zero attached hydrogens (tertiary/aromatic N) is 1. The van der Waals surface area contributed by atoms with Crippen LogP contribution in [-0.2, 0) is 14.3 Å². The highest BCUT2D eigenvalue weighted by Gasteiger charge is 2.37. The van der Waals surface area contributed by atoms with Crippen molar-refractivity contribution in [1.82, 2.24) is 15.5 Å². The monoisotopic (exact) mass is 575 g/mol. The average Bonchev–Trinajstić information content (AvgIpc) is 2.88. The average molecular weight is 576 g/mol. The van der Waals surface area contributed by atoms with Crippen molar-refractivity contribution in [3.8, 4) is 0 Å². The molecule has 0 radical (unpaired) electrons. The van der Waals surface area contributed by atoms with E-state index in [-0.39, 0.29) is 23.6 Å². The van der Waals surface area contributed by atoms with E-state index in [1.54, 1.807) is 25.7 Å². The Morgan fingerprint density at radius 2 is 1.68 bits per heavy atom. The fourth-order valence-electron chi connectivity index (χ4n) is 5.37. The molecule has 0 aliphatic heterocycles. The lowest BCUT2D eigenvalue weighted by Gasteiger charge is -2.36. The smallest absolute Gasteiger partial charge is 0.408 e. The van der Waals surface area contributed by atoms with Gasteiger partial charge in [0.25, 0.3) is 0 Å². The quantitative estimate of drug-likeness (QED) is 0.168. The lowest BCUT2D eigenvalue weighted by atomic mass is 9.93. The van der Waals surface area contributed by atoms with Gasteiger partial charge < -0.3 is 20.3 Å². The Morgan fingerprint density at radius 1 is 1.02 bits per heavy atom. The second-order valence-corrected chi connectivity index (χ2v) is 12.7. The number of benzene rings is 1. The van der Waals surface area contributed by atoms with Crippen molar-refractivity contribution in [1.29, 1.82) is 0 Å². The zero-order valence-electron chi connectivity index (χ0n) is 25.7. The minimum Gasteiger partial charge on any atom is -0.444 e. The van der Waals surface area contributed by atoms with Crippen LogP contribution in [0.5, 0.6) is 0 Å². The van der Waals surface area contributed by atoms with Gasteiger partial charge in [0.15, 0.2) is 0 Å². The molecule has 0 spiro atoms. The first-order chi connectivity index (χ1) is 19.0. The Hall–Kier alpha value is -2.22. The van der Waals surface area contributed by atoms with Gasteiger partial charge in [0.1, 0.15) is 17.7 Å². The number of ether oxygens (including phenoxy) is 1. The summed E-state index contributed by atoms with van der Waals surface area (Å²) in [7, 11) is 0. The third kappa shape index (κ3) is 11.3. The van der Waals surface area contributed by atoms with Gasteiger partial charge in [0.2, 0.25) is 11.8 Å². The molecule has 8 heteroatoms. The number of carbonyl (C=O) groups excluding carboxylic acids is 3. The molecule has 2 unspecified atom stereocenters. The molecule has 40 heavy (non-hydrogen) atoms. The van der Waals surface area contributed by atoms with Gasteiger partial charge in [-0.25, -0.2) is 4.79 Å². The van der Waals surface area contributed by atoms with Gasteiger partial charge in [-0.05, 0) is 65.0 Å². The lowest BCUT2D eigenvalue weighted by Crippen LogP contribution is -2.54. The van der Waals surface area contributed by atoms with Gasteiger partial charge in [-0.15, -0.1) is 0 Å². The molecular formula is C32H53N3O4S. The summed E-state index contributed by atoms with van der Waals surface area (Å²) in [6.07, 6.45) is 11.0. The Morgan fingerprint density at radius 3 is 2.27 bits per heavy atom. The van der Waals surface area contributed by atoms with Crippen molar-refractivity contribution in [3.63, 3.8) is 0 Å². The van der Waals surface area contributed by atoms with E-state index < -0.39 is 23.8 Å². The first-order valence-corrected chi connectivity index (χ1v) is 15.9. The van der Waals surface area contributed by atoms with Crippen LogP contribution in [-0.4, -0.2) is 52.8 Å². The van der Waals surface area contributed by atoms with Gasteiger partial charge in [-0.1, -0.05) is 82.1 Å². The Kier molecular flexibility index (Phi) is 14.4. The van der Waals surface area contributed by atoms with Crippen molar-refractivity contribution in [2.45, 2.75) is 136 Å². The maximum Gasteiger partial charge on any atom is 0.408 e. The summed E-state index contributed by atoms with van der Waals surface area (Å²) >= 11 is 4.41. The number of alkyl carbamates (subject to hydrolysis) is 1. The number of rotatable bonds is 14. The number of hydrogen-bond donors (Lipinski definition) is 3. The molecule has 0 heterocycles. The third-order valence-electron chi connectivity index (χ3n) is 7.44. The summed E-state index contributed by atoms with van der Waals surface area (Å²) in [6.45, 7) is 12.0. The molecule has 1 saturated carbocycles. The molecule has 1 aromatic rings. The number of unbranched alkanes of at least 4 members (excludes halogenated alkanes) is 5. The van der Waals surface area contributed by atoms with Crippen molar-refractivity contribution < 1.29 is 19.1 Å². The number of hydrogen-bond acceptors (Lipinski definition) is 5. The van der Waals surface area contributed by atoms with Crippen LogP contribution in [0.3, 0.4) is 0 Å². The molecule has 1 aliphatic carbocycles. The van der Waals surface area contributed by atoms with E-state index >= 15 is 0 Å². The molecule has 1 aromatic carbocycles. The predicted octanol–water partition coefficient (Wildman–Crippen LogP) is 6.81. The van der Waals surface area contributed by atoms with Gasteiger partial charge in [0, 0.05) is 18.3 Å². The SMILES string of the molecule is CCCCCCCCN(C(=O)C(CS)NC(=O)OC(C)(C)C)C(C(=O)NC1CCCCC1)c1ccc(C)cc1C. The van der Waals surface area contributed by atoms with E-state index in [1.807, 2.05) is 26.0 Å². The molecule has 2 rings (SSSR count). The fourth-order valence-corrected chi connectivity index (χ4v) is 5.62. The second kappa shape index (κ2) is 16.9. The van der Waals surface area contributed by atoms with Crippen LogP contribution < -0.4 is 10.6 Å². The number of aryl methyl sites for hydroxylation is 2.